The van der Waals surface area contributed by atoms with Gasteiger partial charge in [0.15, 0.2) is 5.69 Å². The minimum atomic E-state index is -4.72. The van der Waals surface area contributed by atoms with Crippen molar-refractivity contribution >= 4 is 21.6 Å². The van der Waals surface area contributed by atoms with Crippen LogP contribution in [0.3, 0.4) is 0 Å². The highest BCUT2D eigenvalue weighted by molar-refractivity contribution is 9.10. The van der Waals surface area contributed by atoms with Gasteiger partial charge < -0.3 is 10.5 Å². The number of anilines is 1. The van der Waals surface area contributed by atoms with Gasteiger partial charge in [-0.2, -0.15) is 18.3 Å². The second-order valence-corrected chi connectivity index (χ2v) is 5.61. The van der Waals surface area contributed by atoms with Crippen molar-refractivity contribution < 1.29 is 22.3 Å². The molecule has 0 bridgehead atoms. The van der Waals surface area contributed by atoms with Crippen molar-refractivity contribution in [3.63, 3.8) is 0 Å². The predicted molar refractivity (Wildman–Crippen MR) is 76.4 cm³/mol. The molecule has 9 heteroatoms. The van der Waals surface area contributed by atoms with Crippen LogP contribution in [0.2, 0.25) is 0 Å². The molecule has 2 aromatic rings. The number of nitrogens with zero attached hydrogens (tertiary/aromatic N) is 2. The zero-order valence-electron chi connectivity index (χ0n) is 11.6. The third kappa shape index (κ3) is 3.18. The molecule has 0 atom stereocenters. The van der Waals surface area contributed by atoms with E-state index in [4.69, 9.17) is 10.5 Å². The summed E-state index contributed by atoms with van der Waals surface area (Å²) in [5.41, 5.74) is 3.62. The zero-order chi connectivity index (χ0) is 16.7. The molecule has 1 aromatic heterocycles. The maximum atomic E-state index is 13.5. The highest BCUT2D eigenvalue weighted by Crippen LogP contribution is 2.39. The van der Waals surface area contributed by atoms with Crippen LogP contribution in [0.5, 0.6) is 5.75 Å². The van der Waals surface area contributed by atoms with Gasteiger partial charge in [0.2, 0.25) is 0 Å². The van der Waals surface area contributed by atoms with Gasteiger partial charge in [0, 0.05) is 10.5 Å². The molecule has 0 aliphatic heterocycles. The molecule has 0 aliphatic carbocycles. The van der Waals surface area contributed by atoms with E-state index >= 15 is 0 Å². The summed E-state index contributed by atoms with van der Waals surface area (Å²) in [4.78, 5) is 0. The van der Waals surface area contributed by atoms with E-state index in [2.05, 4.69) is 21.0 Å². The van der Waals surface area contributed by atoms with Gasteiger partial charge in [0.1, 0.15) is 17.3 Å². The molecule has 0 saturated heterocycles. The third-order valence-corrected chi connectivity index (χ3v) is 3.24. The van der Waals surface area contributed by atoms with Crippen molar-refractivity contribution in [2.75, 3.05) is 5.73 Å². The maximum absolute atomic E-state index is 13.5. The molecule has 0 unspecified atom stereocenters. The molecule has 2 rings (SSSR count). The Labute approximate surface area is 132 Å². The monoisotopic (exact) mass is 381 g/mol. The van der Waals surface area contributed by atoms with Crippen LogP contribution in [0.4, 0.5) is 23.2 Å². The molecule has 0 amide bonds. The fourth-order valence-electron chi connectivity index (χ4n) is 1.91. The van der Waals surface area contributed by atoms with Crippen molar-refractivity contribution in [1.29, 1.82) is 0 Å². The van der Waals surface area contributed by atoms with Crippen LogP contribution in [-0.4, -0.2) is 15.9 Å². The summed E-state index contributed by atoms with van der Waals surface area (Å²) in [5, 5.41) is 3.65. The lowest BCUT2D eigenvalue weighted by atomic mass is 10.2. The lowest BCUT2D eigenvalue weighted by molar-refractivity contribution is -0.142. The summed E-state index contributed by atoms with van der Waals surface area (Å²) in [5.74, 6) is -0.726. The van der Waals surface area contributed by atoms with E-state index in [1.807, 2.05) is 0 Å². The van der Waals surface area contributed by atoms with E-state index in [0.29, 0.717) is 4.68 Å². The Balaban J connectivity index is 2.73. The molecular weight excluding hydrogens is 370 g/mol. The van der Waals surface area contributed by atoms with Crippen molar-refractivity contribution in [2.24, 2.45) is 0 Å². The highest BCUT2D eigenvalue weighted by Gasteiger charge is 2.39. The van der Waals surface area contributed by atoms with Gasteiger partial charge in [-0.05, 0) is 35.8 Å². The van der Waals surface area contributed by atoms with Crippen LogP contribution in [0.15, 0.2) is 22.8 Å². The minimum Gasteiger partial charge on any atom is -0.489 e. The Kier molecular flexibility index (Phi) is 4.37. The summed E-state index contributed by atoms with van der Waals surface area (Å²) in [6, 6.07) is 2.03. The number of ether oxygens (including phenoxy) is 1. The topological polar surface area (TPSA) is 53.1 Å². The van der Waals surface area contributed by atoms with Crippen LogP contribution >= 0.6 is 15.9 Å². The van der Waals surface area contributed by atoms with Gasteiger partial charge in [0.25, 0.3) is 0 Å². The normalized spacial score (nSPS) is 12.0. The third-order valence-electron chi connectivity index (χ3n) is 2.63. The number of hydrogen-bond donors (Lipinski definition) is 1. The van der Waals surface area contributed by atoms with Gasteiger partial charge in [-0.15, -0.1) is 0 Å². The smallest absolute Gasteiger partial charge is 0.435 e. The van der Waals surface area contributed by atoms with Crippen molar-refractivity contribution in [3.05, 3.63) is 34.3 Å². The molecule has 1 heterocycles. The van der Waals surface area contributed by atoms with Gasteiger partial charge in [0.05, 0.1) is 18.0 Å². The quantitative estimate of drug-likeness (QED) is 0.812. The van der Waals surface area contributed by atoms with E-state index in [0.717, 1.165) is 18.3 Å². The first-order chi connectivity index (χ1) is 10.1. The number of nitrogens with two attached hydrogens (primary N) is 1. The first kappa shape index (κ1) is 16.6. The number of rotatable bonds is 3. The molecule has 0 spiro atoms. The van der Waals surface area contributed by atoms with Gasteiger partial charge in [-0.3, -0.25) is 0 Å². The Bertz CT molecular complexity index is 697. The van der Waals surface area contributed by atoms with Crippen LogP contribution < -0.4 is 10.5 Å². The van der Waals surface area contributed by atoms with Crippen LogP contribution in [-0.2, 0) is 6.18 Å². The fraction of sp³-hybridized carbons (Fsp3) is 0.308. The second kappa shape index (κ2) is 5.79. The summed E-state index contributed by atoms with van der Waals surface area (Å²) < 4.78 is 59.1. The second-order valence-electron chi connectivity index (χ2n) is 4.76. The first-order valence-corrected chi connectivity index (χ1v) is 6.97. The average molecular weight is 382 g/mol. The van der Waals surface area contributed by atoms with E-state index in [1.54, 1.807) is 13.8 Å². The average Bonchev–Trinajstić information content (AvgIpc) is 2.68. The maximum Gasteiger partial charge on any atom is 0.435 e. The number of benzene rings is 1. The van der Waals surface area contributed by atoms with Crippen molar-refractivity contribution in [2.45, 2.75) is 26.1 Å². The summed E-state index contributed by atoms with van der Waals surface area (Å²) >= 11 is 3.05. The summed E-state index contributed by atoms with van der Waals surface area (Å²) in [6.07, 6.45) is -4.20. The molecule has 1 aromatic carbocycles. The van der Waals surface area contributed by atoms with Gasteiger partial charge >= 0.3 is 6.18 Å². The standard InChI is InChI=1S/C13H12BrF4N3O/c1-6(2)22-10-4-7(15)3-8(14)11(10)21-12(13(16,17)18)9(19)5-20-21/h3-6H,19H2,1-2H3. The lowest BCUT2D eigenvalue weighted by Gasteiger charge is -2.18. The highest BCUT2D eigenvalue weighted by atomic mass is 79.9. The molecule has 0 aliphatic rings. The number of hydrogen-bond acceptors (Lipinski definition) is 3. The van der Waals surface area contributed by atoms with Gasteiger partial charge in [-0.1, -0.05) is 0 Å². The first-order valence-electron chi connectivity index (χ1n) is 6.18. The molecule has 4 nitrogen and oxygen atoms in total. The van der Waals surface area contributed by atoms with Crippen molar-refractivity contribution in [1.82, 2.24) is 9.78 Å². The summed E-state index contributed by atoms with van der Waals surface area (Å²) in [6.45, 7) is 3.34. The Morgan fingerprint density at radius 3 is 2.50 bits per heavy atom. The van der Waals surface area contributed by atoms with Crippen LogP contribution in [0.1, 0.15) is 19.5 Å². The SMILES string of the molecule is CC(C)Oc1cc(F)cc(Br)c1-n1ncc(N)c1C(F)(F)F. The largest absolute Gasteiger partial charge is 0.489 e. The number of nitrogen functional groups attached to an aromatic ring is 1. The fourth-order valence-corrected chi connectivity index (χ4v) is 2.49. The Morgan fingerprint density at radius 1 is 1.32 bits per heavy atom. The van der Waals surface area contributed by atoms with Crippen LogP contribution in [0, 0.1) is 5.82 Å². The zero-order valence-corrected chi connectivity index (χ0v) is 13.2. The molecule has 120 valence electrons. The number of halogens is 5. The summed E-state index contributed by atoms with van der Waals surface area (Å²) in [7, 11) is 0. The molecular formula is C13H12BrF4N3O. The Hall–Kier alpha value is -1.77. The van der Waals surface area contributed by atoms with Crippen LogP contribution in [0.25, 0.3) is 5.69 Å². The number of aromatic nitrogens is 2. The van der Waals surface area contributed by atoms with E-state index in [1.165, 1.54) is 0 Å². The minimum absolute atomic E-state index is 0.0664. The van der Waals surface area contributed by atoms with E-state index in [9.17, 15) is 17.6 Å². The Morgan fingerprint density at radius 2 is 1.95 bits per heavy atom. The predicted octanol–water partition coefficient (Wildman–Crippen LogP) is 4.16. The van der Waals surface area contributed by atoms with Gasteiger partial charge in [-0.25, -0.2) is 9.07 Å². The lowest BCUT2D eigenvalue weighted by Crippen LogP contribution is -2.17. The molecule has 2 N–H and O–H groups in total. The molecule has 0 fully saturated rings. The van der Waals surface area contributed by atoms with Crippen molar-refractivity contribution in [3.8, 4) is 11.4 Å². The van der Waals surface area contributed by atoms with E-state index < -0.39 is 23.4 Å². The van der Waals surface area contributed by atoms with E-state index in [-0.39, 0.29) is 22.0 Å². The molecule has 0 saturated carbocycles. The molecule has 0 radical (unpaired) electrons. The number of alkyl halides is 3. The molecule has 22 heavy (non-hydrogen) atoms.